The monoisotopic (exact) mass is 339 g/mol. The molecule has 0 aliphatic rings. The molecular formula is C15H19BrFN3. The maximum atomic E-state index is 13.5. The third-order valence-corrected chi connectivity index (χ3v) is 3.87. The molecule has 5 heteroatoms. The molecule has 0 fully saturated rings. The summed E-state index contributed by atoms with van der Waals surface area (Å²) in [5, 5.41) is 0. The van der Waals surface area contributed by atoms with E-state index in [1.807, 2.05) is 11.5 Å². The Bertz CT molecular complexity index is 641. The first-order chi connectivity index (χ1) is 9.25. The maximum Gasteiger partial charge on any atom is 0.131 e. The summed E-state index contributed by atoms with van der Waals surface area (Å²) >= 11 is 3.44. The predicted octanol–water partition coefficient (Wildman–Crippen LogP) is 4.35. The molecule has 1 aromatic carbocycles. The van der Waals surface area contributed by atoms with E-state index in [0.717, 1.165) is 16.8 Å². The van der Waals surface area contributed by atoms with Crippen LogP contribution in [-0.4, -0.2) is 9.55 Å². The van der Waals surface area contributed by atoms with Gasteiger partial charge in [-0.15, -0.1) is 0 Å². The first kappa shape index (κ1) is 15.0. The van der Waals surface area contributed by atoms with Crippen LogP contribution in [-0.2, 0) is 12.0 Å². The van der Waals surface area contributed by atoms with Crippen LogP contribution in [0.1, 0.15) is 33.5 Å². The van der Waals surface area contributed by atoms with Gasteiger partial charge in [-0.3, -0.25) is 0 Å². The molecule has 0 aliphatic carbocycles. The summed E-state index contributed by atoms with van der Waals surface area (Å²) in [4.78, 5) is 4.67. The highest BCUT2D eigenvalue weighted by Gasteiger charge is 2.25. The van der Waals surface area contributed by atoms with E-state index in [0.29, 0.717) is 17.1 Å². The van der Waals surface area contributed by atoms with Crippen molar-refractivity contribution in [2.45, 2.75) is 39.7 Å². The normalized spacial score (nSPS) is 11.9. The Kier molecular flexibility index (Phi) is 3.91. The first-order valence-electron chi connectivity index (χ1n) is 6.57. The second kappa shape index (κ2) is 5.20. The molecule has 0 unspecified atom stereocenters. The molecule has 0 spiro atoms. The summed E-state index contributed by atoms with van der Waals surface area (Å²) in [6.07, 6.45) is 0. The van der Waals surface area contributed by atoms with Crippen molar-refractivity contribution in [3.63, 3.8) is 0 Å². The standard InChI is InChI=1S/C15H19BrFN3/c1-5-20-13(18)12(19-14(20)15(2,3)4)10-8-9(17)6-7-11(10)16/h6-8H,5,18H2,1-4H3. The van der Waals surface area contributed by atoms with Gasteiger partial charge < -0.3 is 10.3 Å². The van der Waals surface area contributed by atoms with Crippen molar-refractivity contribution in [1.29, 1.82) is 0 Å². The zero-order chi connectivity index (χ0) is 15.1. The van der Waals surface area contributed by atoms with Crippen molar-refractivity contribution in [1.82, 2.24) is 9.55 Å². The Morgan fingerprint density at radius 2 is 2.00 bits per heavy atom. The van der Waals surface area contributed by atoms with E-state index >= 15 is 0 Å². The number of imidazole rings is 1. The fourth-order valence-electron chi connectivity index (χ4n) is 2.24. The zero-order valence-electron chi connectivity index (χ0n) is 12.2. The van der Waals surface area contributed by atoms with Gasteiger partial charge in [0.2, 0.25) is 0 Å². The largest absolute Gasteiger partial charge is 0.383 e. The van der Waals surface area contributed by atoms with Crippen LogP contribution < -0.4 is 5.73 Å². The molecule has 2 N–H and O–H groups in total. The van der Waals surface area contributed by atoms with Crippen molar-refractivity contribution in [3.8, 4) is 11.3 Å². The molecule has 0 bridgehead atoms. The van der Waals surface area contributed by atoms with Crippen LogP contribution in [0.3, 0.4) is 0 Å². The van der Waals surface area contributed by atoms with Crippen molar-refractivity contribution in [3.05, 3.63) is 34.3 Å². The lowest BCUT2D eigenvalue weighted by molar-refractivity contribution is 0.508. The second-order valence-corrected chi connectivity index (χ2v) is 6.64. The molecule has 0 amide bonds. The van der Waals surface area contributed by atoms with Gasteiger partial charge in [-0.05, 0) is 25.1 Å². The van der Waals surface area contributed by atoms with Crippen LogP contribution in [0.4, 0.5) is 10.2 Å². The predicted molar refractivity (Wildman–Crippen MR) is 84.1 cm³/mol. The van der Waals surface area contributed by atoms with Gasteiger partial charge >= 0.3 is 0 Å². The van der Waals surface area contributed by atoms with E-state index in [-0.39, 0.29) is 11.2 Å². The van der Waals surface area contributed by atoms with E-state index < -0.39 is 0 Å². The molecule has 3 nitrogen and oxygen atoms in total. The lowest BCUT2D eigenvalue weighted by atomic mass is 9.95. The SMILES string of the molecule is CCn1c(C(C)(C)C)nc(-c2cc(F)ccc2Br)c1N. The number of rotatable bonds is 2. The van der Waals surface area contributed by atoms with Crippen LogP contribution in [0.5, 0.6) is 0 Å². The Hall–Kier alpha value is -1.36. The quantitative estimate of drug-likeness (QED) is 0.883. The number of halogens is 2. The van der Waals surface area contributed by atoms with E-state index in [2.05, 4.69) is 41.7 Å². The topological polar surface area (TPSA) is 43.8 Å². The lowest BCUT2D eigenvalue weighted by Gasteiger charge is -2.19. The first-order valence-corrected chi connectivity index (χ1v) is 7.37. The van der Waals surface area contributed by atoms with Crippen LogP contribution in [0.15, 0.2) is 22.7 Å². The van der Waals surface area contributed by atoms with Crippen LogP contribution in [0.2, 0.25) is 0 Å². The number of nitrogen functional groups attached to an aromatic ring is 1. The summed E-state index contributed by atoms with van der Waals surface area (Å²) in [7, 11) is 0. The van der Waals surface area contributed by atoms with Gasteiger partial charge in [0.25, 0.3) is 0 Å². The second-order valence-electron chi connectivity index (χ2n) is 5.79. The molecule has 0 aliphatic heterocycles. The van der Waals surface area contributed by atoms with Gasteiger partial charge in [-0.2, -0.15) is 0 Å². The molecule has 0 radical (unpaired) electrons. The van der Waals surface area contributed by atoms with Crippen LogP contribution in [0, 0.1) is 5.82 Å². The van der Waals surface area contributed by atoms with E-state index in [9.17, 15) is 4.39 Å². The minimum Gasteiger partial charge on any atom is -0.383 e. The van der Waals surface area contributed by atoms with Crippen LogP contribution in [0.25, 0.3) is 11.3 Å². The Morgan fingerprint density at radius 1 is 1.35 bits per heavy atom. The van der Waals surface area contributed by atoms with E-state index in [1.165, 1.54) is 12.1 Å². The zero-order valence-corrected chi connectivity index (χ0v) is 13.8. The Morgan fingerprint density at radius 3 is 2.50 bits per heavy atom. The fraction of sp³-hybridized carbons (Fsp3) is 0.400. The fourth-order valence-corrected chi connectivity index (χ4v) is 2.67. The molecule has 0 saturated heterocycles. The van der Waals surface area contributed by atoms with Crippen molar-refractivity contribution in [2.75, 3.05) is 5.73 Å². The van der Waals surface area contributed by atoms with Gasteiger partial charge in [-0.25, -0.2) is 9.37 Å². The number of nitrogens with zero attached hydrogens (tertiary/aromatic N) is 2. The van der Waals surface area contributed by atoms with Crippen molar-refractivity contribution >= 4 is 21.7 Å². The maximum absolute atomic E-state index is 13.5. The number of anilines is 1. The van der Waals surface area contributed by atoms with Crippen LogP contribution >= 0.6 is 15.9 Å². The molecule has 108 valence electrons. The molecular weight excluding hydrogens is 321 g/mol. The van der Waals surface area contributed by atoms with Gasteiger partial charge in [-0.1, -0.05) is 36.7 Å². The third kappa shape index (κ3) is 2.59. The summed E-state index contributed by atoms with van der Waals surface area (Å²) < 4.78 is 16.3. The van der Waals surface area contributed by atoms with Gasteiger partial charge in [0, 0.05) is 22.0 Å². The number of aromatic nitrogens is 2. The number of hydrogen-bond donors (Lipinski definition) is 1. The highest BCUT2D eigenvalue weighted by molar-refractivity contribution is 9.10. The molecule has 2 aromatic rings. The summed E-state index contributed by atoms with van der Waals surface area (Å²) in [5.74, 6) is 1.18. The summed E-state index contributed by atoms with van der Waals surface area (Å²) in [5.41, 5.74) is 7.41. The Balaban J connectivity index is 2.70. The van der Waals surface area contributed by atoms with E-state index in [4.69, 9.17) is 5.73 Å². The third-order valence-electron chi connectivity index (χ3n) is 3.18. The van der Waals surface area contributed by atoms with E-state index in [1.54, 1.807) is 6.07 Å². The molecule has 2 rings (SSSR count). The lowest BCUT2D eigenvalue weighted by Crippen LogP contribution is -2.19. The number of nitrogens with two attached hydrogens (primary N) is 1. The minimum atomic E-state index is -0.300. The smallest absolute Gasteiger partial charge is 0.131 e. The molecule has 0 atom stereocenters. The summed E-state index contributed by atoms with van der Waals surface area (Å²) in [6, 6.07) is 4.53. The van der Waals surface area contributed by atoms with Crippen molar-refractivity contribution < 1.29 is 4.39 Å². The van der Waals surface area contributed by atoms with Crippen molar-refractivity contribution in [2.24, 2.45) is 0 Å². The molecule has 1 aromatic heterocycles. The number of hydrogen-bond acceptors (Lipinski definition) is 2. The average Bonchev–Trinajstić information content (AvgIpc) is 2.69. The molecule has 1 heterocycles. The van der Waals surface area contributed by atoms with Gasteiger partial charge in [0.15, 0.2) is 0 Å². The minimum absolute atomic E-state index is 0.123. The molecule has 0 saturated carbocycles. The number of benzene rings is 1. The highest BCUT2D eigenvalue weighted by Crippen LogP contribution is 2.35. The van der Waals surface area contributed by atoms with Gasteiger partial charge in [0.05, 0.1) is 0 Å². The highest BCUT2D eigenvalue weighted by atomic mass is 79.9. The van der Waals surface area contributed by atoms with Gasteiger partial charge in [0.1, 0.15) is 23.2 Å². The molecule has 20 heavy (non-hydrogen) atoms. The average molecular weight is 340 g/mol. The Labute approximate surface area is 127 Å². The summed E-state index contributed by atoms with van der Waals surface area (Å²) in [6.45, 7) is 9.03.